The van der Waals surface area contributed by atoms with E-state index in [-0.39, 0.29) is 30.8 Å². The van der Waals surface area contributed by atoms with Crippen LogP contribution >= 0.6 is 0 Å². The second-order valence-electron chi connectivity index (χ2n) is 7.01. The lowest BCUT2D eigenvalue weighted by Gasteiger charge is -2.35. The molecule has 29 heavy (non-hydrogen) atoms. The first kappa shape index (κ1) is 18.7. The van der Waals surface area contributed by atoms with Crippen LogP contribution in [-0.2, 0) is 4.79 Å². The Morgan fingerprint density at radius 2 is 1.66 bits per heavy atom. The van der Waals surface area contributed by atoms with Gasteiger partial charge in [-0.15, -0.1) is 0 Å². The largest absolute Gasteiger partial charge is 0.332 e. The number of para-hydroxylation sites is 1. The summed E-state index contributed by atoms with van der Waals surface area (Å²) in [4.78, 5) is 53.9. The first-order valence-corrected chi connectivity index (χ1v) is 9.32. The number of nitrogens with one attached hydrogen (secondary N) is 1. The van der Waals surface area contributed by atoms with Crippen LogP contribution in [-0.4, -0.2) is 59.2 Å². The Kier molecular flexibility index (Phi) is 4.75. The fourth-order valence-electron chi connectivity index (χ4n) is 3.59. The molecule has 0 radical (unpaired) electrons. The van der Waals surface area contributed by atoms with Crippen LogP contribution in [0.4, 0.5) is 21.0 Å². The molecule has 4 rings (SSSR count). The number of anilines is 2. The van der Waals surface area contributed by atoms with Crippen molar-refractivity contribution in [3.63, 3.8) is 0 Å². The molecule has 2 fully saturated rings. The second-order valence-corrected chi connectivity index (χ2v) is 7.01. The number of amides is 5. The lowest BCUT2D eigenvalue weighted by atomic mass is 10.1. The molecule has 5 amide bonds. The van der Waals surface area contributed by atoms with Crippen LogP contribution in [0.15, 0.2) is 54.6 Å². The summed E-state index contributed by atoms with van der Waals surface area (Å²) in [6, 6.07) is 14.0. The molecule has 8 heteroatoms. The molecule has 8 nitrogen and oxygen atoms in total. The molecule has 0 aromatic heterocycles. The zero-order chi connectivity index (χ0) is 20.5. The van der Waals surface area contributed by atoms with Crippen LogP contribution in [0.2, 0.25) is 0 Å². The standard InChI is InChI=1S/C21H20N4O4/c1-14(26)15-7-9-17(10-8-15)25-19(27)18-13-23(11-12-24(18)21(25)29)20(28)22-16-5-3-2-4-6-16/h2-10,18H,11-13H2,1H3,(H,22,28)/t18-/m0/s1. The monoisotopic (exact) mass is 392 g/mol. The zero-order valence-electron chi connectivity index (χ0n) is 15.9. The number of hydrogen-bond acceptors (Lipinski definition) is 4. The second kappa shape index (κ2) is 7.38. The number of imide groups is 1. The first-order valence-electron chi connectivity index (χ1n) is 9.32. The maximum atomic E-state index is 12.9. The average molecular weight is 392 g/mol. The first-order chi connectivity index (χ1) is 14.0. The van der Waals surface area contributed by atoms with E-state index >= 15 is 0 Å². The Bertz CT molecular complexity index is 974. The summed E-state index contributed by atoms with van der Waals surface area (Å²) in [6.45, 7) is 2.20. The highest BCUT2D eigenvalue weighted by Crippen LogP contribution is 2.28. The van der Waals surface area contributed by atoms with Crippen molar-refractivity contribution in [2.75, 3.05) is 29.9 Å². The number of piperazine rings is 1. The smallest absolute Gasteiger partial charge is 0.320 e. The lowest BCUT2D eigenvalue weighted by molar-refractivity contribution is -0.120. The number of rotatable bonds is 3. The molecular weight excluding hydrogens is 372 g/mol. The average Bonchev–Trinajstić information content (AvgIpc) is 2.98. The summed E-state index contributed by atoms with van der Waals surface area (Å²) in [6.07, 6.45) is 0. The van der Waals surface area contributed by atoms with E-state index in [4.69, 9.17) is 0 Å². The van der Waals surface area contributed by atoms with Gasteiger partial charge in [0.2, 0.25) is 0 Å². The van der Waals surface area contributed by atoms with E-state index in [0.29, 0.717) is 23.5 Å². The van der Waals surface area contributed by atoms with Crippen molar-refractivity contribution in [3.8, 4) is 0 Å². The maximum absolute atomic E-state index is 12.9. The fraction of sp³-hybridized carbons (Fsp3) is 0.238. The van der Waals surface area contributed by atoms with Crippen molar-refractivity contribution in [1.29, 1.82) is 0 Å². The molecule has 0 unspecified atom stereocenters. The van der Waals surface area contributed by atoms with Gasteiger partial charge in [-0.25, -0.2) is 14.5 Å². The van der Waals surface area contributed by atoms with Crippen molar-refractivity contribution in [3.05, 3.63) is 60.2 Å². The van der Waals surface area contributed by atoms with E-state index in [1.54, 1.807) is 41.3 Å². The van der Waals surface area contributed by atoms with E-state index in [1.165, 1.54) is 11.8 Å². The van der Waals surface area contributed by atoms with Crippen molar-refractivity contribution < 1.29 is 19.2 Å². The van der Waals surface area contributed by atoms with E-state index < -0.39 is 12.1 Å². The van der Waals surface area contributed by atoms with Gasteiger partial charge in [0, 0.05) is 24.3 Å². The Balaban J connectivity index is 1.49. The van der Waals surface area contributed by atoms with Gasteiger partial charge in [-0.3, -0.25) is 9.59 Å². The number of fused-ring (bicyclic) bond motifs is 1. The van der Waals surface area contributed by atoms with E-state index in [1.807, 2.05) is 18.2 Å². The number of carbonyl (C=O) groups is 4. The number of hydrogen-bond donors (Lipinski definition) is 1. The van der Waals surface area contributed by atoms with Crippen molar-refractivity contribution in [2.24, 2.45) is 0 Å². The van der Waals surface area contributed by atoms with Gasteiger partial charge in [-0.1, -0.05) is 18.2 Å². The van der Waals surface area contributed by atoms with Crippen LogP contribution in [0.1, 0.15) is 17.3 Å². The normalized spacial score (nSPS) is 18.7. The molecule has 2 aliphatic heterocycles. The van der Waals surface area contributed by atoms with Gasteiger partial charge in [0.1, 0.15) is 6.04 Å². The Hall–Kier alpha value is -3.68. The highest BCUT2D eigenvalue weighted by atomic mass is 16.2. The third kappa shape index (κ3) is 3.44. The molecule has 148 valence electrons. The molecule has 2 heterocycles. The maximum Gasteiger partial charge on any atom is 0.332 e. The van der Waals surface area contributed by atoms with Gasteiger partial charge >= 0.3 is 12.1 Å². The Morgan fingerprint density at radius 1 is 0.966 bits per heavy atom. The summed E-state index contributed by atoms with van der Waals surface area (Å²) >= 11 is 0. The minimum atomic E-state index is -0.717. The van der Waals surface area contributed by atoms with Gasteiger partial charge in [-0.2, -0.15) is 0 Å². The van der Waals surface area contributed by atoms with Gasteiger partial charge in [-0.05, 0) is 43.3 Å². The minimum Gasteiger partial charge on any atom is -0.320 e. The molecule has 0 spiro atoms. The topological polar surface area (TPSA) is 90.0 Å². The van der Waals surface area contributed by atoms with Gasteiger partial charge in [0.25, 0.3) is 5.91 Å². The van der Waals surface area contributed by atoms with Gasteiger partial charge in [0.15, 0.2) is 5.78 Å². The summed E-state index contributed by atoms with van der Waals surface area (Å²) in [5.41, 5.74) is 1.59. The SMILES string of the molecule is CC(=O)c1ccc(N2C(=O)[C@@H]3CN(C(=O)Nc4ccccc4)CCN3C2=O)cc1. The van der Waals surface area contributed by atoms with Crippen LogP contribution in [0, 0.1) is 0 Å². The predicted molar refractivity (Wildman–Crippen MR) is 107 cm³/mol. The molecule has 2 aliphatic rings. The van der Waals surface area contributed by atoms with Crippen LogP contribution < -0.4 is 10.2 Å². The predicted octanol–water partition coefficient (Wildman–Crippen LogP) is 2.57. The number of Topliss-reactive ketones (excluding diaryl/α,β-unsaturated/α-hetero) is 1. The zero-order valence-corrected chi connectivity index (χ0v) is 15.9. The fourth-order valence-corrected chi connectivity index (χ4v) is 3.59. The molecule has 2 aromatic rings. The number of urea groups is 2. The van der Waals surface area contributed by atoms with Crippen LogP contribution in [0.5, 0.6) is 0 Å². The molecule has 0 saturated carbocycles. The van der Waals surface area contributed by atoms with Crippen LogP contribution in [0.3, 0.4) is 0 Å². The molecule has 0 bridgehead atoms. The number of benzene rings is 2. The van der Waals surface area contributed by atoms with Gasteiger partial charge < -0.3 is 15.1 Å². The van der Waals surface area contributed by atoms with Crippen molar-refractivity contribution >= 4 is 35.1 Å². The lowest BCUT2D eigenvalue weighted by Crippen LogP contribution is -2.55. The third-order valence-corrected chi connectivity index (χ3v) is 5.17. The summed E-state index contributed by atoms with van der Waals surface area (Å²) in [7, 11) is 0. The Morgan fingerprint density at radius 3 is 2.31 bits per heavy atom. The van der Waals surface area contributed by atoms with Crippen molar-refractivity contribution in [2.45, 2.75) is 13.0 Å². The number of nitrogens with zero attached hydrogens (tertiary/aromatic N) is 3. The number of carbonyl (C=O) groups excluding carboxylic acids is 4. The van der Waals surface area contributed by atoms with Gasteiger partial charge in [0.05, 0.1) is 12.2 Å². The highest BCUT2D eigenvalue weighted by Gasteiger charge is 2.49. The molecule has 2 saturated heterocycles. The van der Waals surface area contributed by atoms with E-state index in [9.17, 15) is 19.2 Å². The molecule has 1 atom stereocenters. The summed E-state index contributed by atoms with van der Waals surface area (Å²) in [5, 5.41) is 2.80. The highest BCUT2D eigenvalue weighted by molar-refractivity contribution is 6.21. The summed E-state index contributed by atoms with van der Waals surface area (Å²) < 4.78 is 0. The van der Waals surface area contributed by atoms with E-state index in [0.717, 1.165) is 4.90 Å². The third-order valence-electron chi connectivity index (χ3n) is 5.17. The molecule has 1 N–H and O–H groups in total. The van der Waals surface area contributed by atoms with E-state index in [2.05, 4.69) is 5.32 Å². The quantitative estimate of drug-likeness (QED) is 0.642. The molecule has 2 aromatic carbocycles. The summed E-state index contributed by atoms with van der Waals surface area (Å²) in [5.74, 6) is -0.462. The Labute approximate surface area is 167 Å². The number of ketones is 1. The minimum absolute atomic E-state index is 0.0897. The van der Waals surface area contributed by atoms with Crippen molar-refractivity contribution in [1.82, 2.24) is 9.80 Å². The molecular formula is C21H20N4O4. The molecule has 0 aliphatic carbocycles. The van der Waals surface area contributed by atoms with Crippen LogP contribution in [0.25, 0.3) is 0 Å².